The Balaban J connectivity index is 1.25. The smallest absolute Gasteiger partial charge is 0.253 e. The molecule has 2 unspecified atom stereocenters. The van der Waals surface area contributed by atoms with Crippen molar-refractivity contribution in [2.24, 2.45) is 0 Å². The number of anilines is 1. The van der Waals surface area contributed by atoms with E-state index in [1.54, 1.807) is 30.5 Å². The molecule has 2 saturated heterocycles. The normalized spacial score (nSPS) is 22.0. The van der Waals surface area contributed by atoms with Crippen molar-refractivity contribution >= 4 is 45.7 Å². The highest BCUT2D eigenvalue weighted by molar-refractivity contribution is 6.31. The number of hydrogen-bond acceptors (Lipinski definition) is 5. The van der Waals surface area contributed by atoms with Gasteiger partial charge in [0.1, 0.15) is 0 Å². The highest BCUT2D eigenvalue weighted by atomic mass is 35.5. The van der Waals surface area contributed by atoms with Crippen LogP contribution in [0.1, 0.15) is 10.4 Å². The molecular formula is C24H24Cl2N4O2. The Morgan fingerprint density at radius 2 is 1.66 bits per heavy atom. The first-order chi connectivity index (χ1) is 15.5. The van der Waals surface area contributed by atoms with Gasteiger partial charge < -0.3 is 14.9 Å². The van der Waals surface area contributed by atoms with E-state index in [1.165, 1.54) is 0 Å². The number of carbonyl (C=O) groups excluding carboxylic acids is 1. The van der Waals surface area contributed by atoms with Gasteiger partial charge in [-0.25, -0.2) is 0 Å². The second kappa shape index (κ2) is 8.87. The summed E-state index contributed by atoms with van der Waals surface area (Å²) in [5.74, 6) is 0.0248. The quantitative estimate of drug-likeness (QED) is 0.634. The Hall–Kier alpha value is -2.38. The van der Waals surface area contributed by atoms with Gasteiger partial charge in [-0.05, 0) is 48.5 Å². The Labute approximate surface area is 197 Å². The van der Waals surface area contributed by atoms with Crippen LogP contribution in [0.4, 0.5) is 5.69 Å². The summed E-state index contributed by atoms with van der Waals surface area (Å²) >= 11 is 12.1. The predicted octanol–water partition coefficient (Wildman–Crippen LogP) is 3.55. The van der Waals surface area contributed by atoms with Crippen molar-refractivity contribution in [2.45, 2.75) is 12.1 Å². The summed E-state index contributed by atoms with van der Waals surface area (Å²) in [6.07, 6.45) is 1.33. The van der Waals surface area contributed by atoms with E-state index in [0.29, 0.717) is 35.2 Å². The van der Waals surface area contributed by atoms with Gasteiger partial charge in [0, 0.05) is 72.1 Å². The van der Waals surface area contributed by atoms with Crippen molar-refractivity contribution in [1.29, 1.82) is 0 Å². The maximum atomic E-state index is 12.8. The number of benzene rings is 2. The summed E-state index contributed by atoms with van der Waals surface area (Å²) in [7, 11) is 0. The zero-order chi connectivity index (χ0) is 22.2. The molecule has 0 radical (unpaired) electrons. The molecule has 3 heterocycles. The number of aliphatic hydroxyl groups excluding tert-OH is 1. The Kier molecular flexibility index (Phi) is 5.95. The molecular weight excluding hydrogens is 447 g/mol. The van der Waals surface area contributed by atoms with E-state index in [2.05, 4.69) is 14.8 Å². The van der Waals surface area contributed by atoms with Crippen molar-refractivity contribution < 1.29 is 9.90 Å². The van der Waals surface area contributed by atoms with E-state index in [1.807, 2.05) is 29.2 Å². The molecule has 2 aromatic carbocycles. The largest absolute Gasteiger partial charge is 0.390 e. The number of amides is 1. The lowest BCUT2D eigenvalue weighted by atomic mass is 10.1. The number of hydrogen-bond donors (Lipinski definition) is 1. The molecule has 5 rings (SSSR count). The molecule has 2 aliphatic rings. The van der Waals surface area contributed by atoms with Gasteiger partial charge in [-0.3, -0.25) is 14.7 Å². The van der Waals surface area contributed by atoms with Gasteiger partial charge in [-0.1, -0.05) is 23.2 Å². The van der Waals surface area contributed by atoms with Crippen molar-refractivity contribution in [3.63, 3.8) is 0 Å². The summed E-state index contributed by atoms with van der Waals surface area (Å²) < 4.78 is 0. The van der Waals surface area contributed by atoms with E-state index in [4.69, 9.17) is 23.2 Å². The molecule has 0 bridgehead atoms. The lowest BCUT2D eigenvalue weighted by molar-refractivity contribution is 0.0376. The van der Waals surface area contributed by atoms with Crippen LogP contribution in [0.2, 0.25) is 10.0 Å². The molecule has 0 spiro atoms. The van der Waals surface area contributed by atoms with Crippen LogP contribution in [0.3, 0.4) is 0 Å². The number of rotatable bonds is 3. The zero-order valence-corrected chi connectivity index (χ0v) is 19.0. The van der Waals surface area contributed by atoms with Crippen LogP contribution in [0, 0.1) is 0 Å². The first kappa shape index (κ1) is 21.5. The van der Waals surface area contributed by atoms with Gasteiger partial charge >= 0.3 is 0 Å². The van der Waals surface area contributed by atoms with Crippen molar-refractivity contribution in [1.82, 2.24) is 14.8 Å². The van der Waals surface area contributed by atoms with Crippen LogP contribution in [-0.4, -0.2) is 77.2 Å². The molecule has 1 N–H and O–H groups in total. The van der Waals surface area contributed by atoms with Gasteiger partial charge in [0.15, 0.2) is 0 Å². The molecule has 2 fully saturated rings. The van der Waals surface area contributed by atoms with Gasteiger partial charge in [0.25, 0.3) is 5.91 Å². The predicted molar refractivity (Wildman–Crippen MR) is 128 cm³/mol. The number of halogens is 2. The van der Waals surface area contributed by atoms with E-state index in [9.17, 15) is 9.90 Å². The van der Waals surface area contributed by atoms with Crippen LogP contribution in [0.5, 0.6) is 0 Å². The first-order valence-corrected chi connectivity index (χ1v) is 11.5. The molecule has 2 aliphatic heterocycles. The van der Waals surface area contributed by atoms with E-state index < -0.39 is 6.10 Å². The minimum absolute atomic E-state index is 0.0248. The third-order valence-electron chi connectivity index (χ3n) is 6.44. The number of aliphatic hydroxyl groups is 1. The second-order valence-electron chi connectivity index (χ2n) is 8.37. The molecule has 0 aliphatic carbocycles. The lowest BCUT2D eigenvalue weighted by Gasteiger charge is -2.38. The Bertz CT molecular complexity index is 1130. The number of nitrogens with zero attached hydrogens (tertiary/aromatic N) is 4. The van der Waals surface area contributed by atoms with Gasteiger partial charge in [0.05, 0.1) is 17.7 Å². The van der Waals surface area contributed by atoms with Crippen LogP contribution < -0.4 is 4.90 Å². The number of β-amino-alcohol motifs (C(OH)–C–C–N with tert-alkyl or cyclic N) is 1. The van der Waals surface area contributed by atoms with Crippen molar-refractivity contribution in [3.8, 4) is 0 Å². The van der Waals surface area contributed by atoms with Crippen LogP contribution in [0.25, 0.3) is 10.9 Å². The molecule has 3 aromatic rings. The average Bonchev–Trinajstić information content (AvgIpc) is 3.20. The maximum absolute atomic E-state index is 12.8. The lowest BCUT2D eigenvalue weighted by Crippen LogP contribution is -2.54. The fourth-order valence-corrected chi connectivity index (χ4v) is 5.03. The molecule has 32 heavy (non-hydrogen) atoms. The summed E-state index contributed by atoms with van der Waals surface area (Å²) in [6, 6.07) is 14.8. The highest BCUT2D eigenvalue weighted by Crippen LogP contribution is 2.31. The molecule has 6 nitrogen and oxygen atoms in total. The average molecular weight is 471 g/mol. The van der Waals surface area contributed by atoms with E-state index in [-0.39, 0.29) is 11.9 Å². The molecule has 1 amide bonds. The van der Waals surface area contributed by atoms with Gasteiger partial charge in [-0.15, -0.1) is 0 Å². The summed E-state index contributed by atoms with van der Waals surface area (Å²) in [4.78, 5) is 23.6. The summed E-state index contributed by atoms with van der Waals surface area (Å²) in [6.45, 7) is 4.05. The number of carbonyl (C=O) groups is 1. The minimum Gasteiger partial charge on any atom is -0.390 e. The Morgan fingerprint density at radius 1 is 0.938 bits per heavy atom. The van der Waals surface area contributed by atoms with E-state index in [0.717, 1.165) is 36.2 Å². The molecule has 2 atom stereocenters. The molecule has 1 aromatic heterocycles. The van der Waals surface area contributed by atoms with Gasteiger partial charge in [-0.2, -0.15) is 0 Å². The topological polar surface area (TPSA) is 59.9 Å². The third kappa shape index (κ3) is 4.16. The summed E-state index contributed by atoms with van der Waals surface area (Å²) in [5.41, 5.74) is 2.56. The number of fused-ring (bicyclic) bond motifs is 1. The number of pyridine rings is 1. The standard InChI is InChI=1S/C24H24Cl2N4O2/c25-17-3-1-16(2-4-17)24(32)29-11-9-28(10-12-29)22-14-30(15-23(22)31)21-7-8-27-20-13-18(26)5-6-19(20)21/h1-8,13,22-23,31H,9-12,14-15H2. The number of piperazine rings is 1. The zero-order valence-electron chi connectivity index (χ0n) is 17.5. The molecule has 0 saturated carbocycles. The van der Waals surface area contributed by atoms with Crippen molar-refractivity contribution in [3.05, 3.63) is 70.3 Å². The van der Waals surface area contributed by atoms with Crippen LogP contribution in [-0.2, 0) is 0 Å². The Morgan fingerprint density at radius 3 is 2.41 bits per heavy atom. The van der Waals surface area contributed by atoms with Crippen LogP contribution >= 0.6 is 23.2 Å². The summed E-state index contributed by atoms with van der Waals surface area (Å²) in [5, 5.41) is 13.2. The second-order valence-corrected chi connectivity index (χ2v) is 9.24. The van der Waals surface area contributed by atoms with Gasteiger partial charge in [0.2, 0.25) is 0 Å². The van der Waals surface area contributed by atoms with Crippen LogP contribution in [0.15, 0.2) is 54.7 Å². The fraction of sp³-hybridized carbons (Fsp3) is 0.333. The minimum atomic E-state index is -0.455. The highest BCUT2D eigenvalue weighted by Gasteiger charge is 2.38. The number of aromatic nitrogens is 1. The third-order valence-corrected chi connectivity index (χ3v) is 6.93. The molecule has 8 heteroatoms. The maximum Gasteiger partial charge on any atom is 0.253 e. The monoisotopic (exact) mass is 470 g/mol. The SMILES string of the molecule is O=C(c1ccc(Cl)cc1)N1CCN(C2CN(c3ccnc4cc(Cl)ccc34)CC2O)CC1. The molecule has 166 valence electrons. The van der Waals surface area contributed by atoms with E-state index >= 15 is 0 Å². The fourth-order valence-electron chi connectivity index (χ4n) is 4.74. The first-order valence-electron chi connectivity index (χ1n) is 10.8. The van der Waals surface area contributed by atoms with Crippen molar-refractivity contribution in [2.75, 3.05) is 44.2 Å².